The molecule has 1 unspecified atom stereocenters. The number of benzene rings is 1. The van der Waals surface area contributed by atoms with Crippen molar-refractivity contribution < 1.29 is 0 Å². The Labute approximate surface area is 107 Å². The standard InChI is InChI=1S/C16H27N/c1-6-16-11-15(9-8-14(16)4)10-13(3)12-17(5)7-2/h8-9,11,13H,6-7,10,12H2,1-5H3. The Hall–Kier alpha value is -0.820. The first kappa shape index (κ1) is 14.2. The Morgan fingerprint density at radius 1 is 1.24 bits per heavy atom. The van der Waals surface area contributed by atoms with E-state index in [2.05, 4.69) is 57.8 Å². The van der Waals surface area contributed by atoms with Crippen LogP contribution in [0, 0.1) is 12.8 Å². The van der Waals surface area contributed by atoms with Gasteiger partial charge in [0.25, 0.3) is 0 Å². The minimum Gasteiger partial charge on any atom is -0.306 e. The van der Waals surface area contributed by atoms with E-state index >= 15 is 0 Å². The minimum atomic E-state index is 0.729. The molecule has 0 amide bonds. The van der Waals surface area contributed by atoms with Crippen molar-refractivity contribution in [3.63, 3.8) is 0 Å². The smallest absolute Gasteiger partial charge is 0.000703 e. The first-order valence-electron chi connectivity index (χ1n) is 6.83. The first-order valence-corrected chi connectivity index (χ1v) is 6.83. The van der Waals surface area contributed by atoms with Crippen LogP contribution in [0.15, 0.2) is 18.2 Å². The molecule has 1 atom stereocenters. The van der Waals surface area contributed by atoms with Gasteiger partial charge in [0.1, 0.15) is 0 Å². The van der Waals surface area contributed by atoms with Gasteiger partial charge >= 0.3 is 0 Å². The molecule has 0 radical (unpaired) electrons. The highest BCUT2D eigenvalue weighted by molar-refractivity contribution is 5.31. The van der Waals surface area contributed by atoms with Crippen LogP contribution in [0.1, 0.15) is 37.5 Å². The van der Waals surface area contributed by atoms with E-state index in [0.717, 1.165) is 18.9 Å². The van der Waals surface area contributed by atoms with Crippen LogP contribution in [-0.2, 0) is 12.8 Å². The van der Waals surface area contributed by atoms with Gasteiger partial charge in [0.15, 0.2) is 0 Å². The quantitative estimate of drug-likeness (QED) is 0.724. The molecule has 1 aromatic rings. The fourth-order valence-electron chi connectivity index (χ4n) is 2.36. The van der Waals surface area contributed by atoms with E-state index < -0.39 is 0 Å². The lowest BCUT2D eigenvalue weighted by Crippen LogP contribution is -2.25. The van der Waals surface area contributed by atoms with E-state index in [4.69, 9.17) is 0 Å². The molecule has 1 heteroatoms. The van der Waals surface area contributed by atoms with Crippen LogP contribution in [0.2, 0.25) is 0 Å². The SMILES string of the molecule is CCc1cc(CC(C)CN(C)CC)ccc1C. The average Bonchev–Trinajstić information content (AvgIpc) is 2.31. The second kappa shape index (κ2) is 6.80. The summed E-state index contributed by atoms with van der Waals surface area (Å²) in [7, 11) is 2.20. The van der Waals surface area contributed by atoms with Crippen LogP contribution >= 0.6 is 0 Å². The molecule has 0 aliphatic heterocycles. The zero-order chi connectivity index (χ0) is 12.8. The lowest BCUT2D eigenvalue weighted by atomic mass is 9.96. The number of hydrogen-bond donors (Lipinski definition) is 0. The van der Waals surface area contributed by atoms with Crippen LogP contribution in [0.25, 0.3) is 0 Å². The summed E-state index contributed by atoms with van der Waals surface area (Å²) in [5.41, 5.74) is 4.41. The summed E-state index contributed by atoms with van der Waals surface area (Å²) in [6.07, 6.45) is 2.33. The third-order valence-corrected chi connectivity index (χ3v) is 3.54. The van der Waals surface area contributed by atoms with Gasteiger partial charge in [-0.1, -0.05) is 39.0 Å². The van der Waals surface area contributed by atoms with Crippen LogP contribution in [0.5, 0.6) is 0 Å². The fraction of sp³-hybridized carbons (Fsp3) is 0.625. The van der Waals surface area contributed by atoms with Gasteiger partial charge in [0.2, 0.25) is 0 Å². The van der Waals surface area contributed by atoms with Gasteiger partial charge in [-0.15, -0.1) is 0 Å². The van der Waals surface area contributed by atoms with E-state index in [1.807, 2.05) is 0 Å². The normalized spacial score (nSPS) is 13.1. The third kappa shape index (κ3) is 4.51. The zero-order valence-electron chi connectivity index (χ0n) is 12.1. The van der Waals surface area contributed by atoms with Crippen LogP contribution in [0.4, 0.5) is 0 Å². The van der Waals surface area contributed by atoms with Gasteiger partial charge in [0, 0.05) is 6.54 Å². The van der Waals surface area contributed by atoms with Gasteiger partial charge in [-0.05, 0) is 56.0 Å². The van der Waals surface area contributed by atoms with E-state index in [0.29, 0.717) is 0 Å². The minimum absolute atomic E-state index is 0.729. The molecule has 0 aliphatic rings. The molecular formula is C16H27N. The molecule has 96 valence electrons. The zero-order valence-corrected chi connectivity index (χ0v) is 12.1. The molecule has 0 spiro atoms. The Morgan fingerprint density at radius 3 is 2.53 bits per heavy atom. The molecule has 0 bridgehead atoms. The largest absolute Gasteiger partial charge is 0.306 e. The van der Waals surface area contributed by atoms with Gasteiger partial charge in [-0.3, -0.25) is 0 Å². The van der Waals surface area contributed by atoms with Crippen LogP contribution in [-0.4, -0.2) is 25.0 Å². The van der Waals surface area contributed by atoms with Crippen molar-refractivity contribution in [3.8, 4) is 0 Å². The number of nitrogens with zero attached hydrogens (tertiary/aromatic N) is 1. The third-order valence-electron chi connectivity index (χ3n) is 3.54. The molecule has 1 aromatic carbocycles. The second-order valence-electron chi connectivity index (χ2n) is 5.28. The van der Waals surface area contributed by atoms with E-state index in [1.54, 1.807) is 0 Å². The highest BCUT2D eigenvalue weighted by Crippen LogP contribution is 2.15. The van der Waals surface area contributed by atoms with Crippen molar-refractivity contribution in [2.45, 2.75) is 40.5 Å². The maximum absolute atomic E-state index is 2.39. The summed E-state index contributed by atoms with van der Waals surface area (Å²) in [4.78, 5) is 2.39. The van der Waals surface area contributed by atoms with Gasteiger partial charge in [-0.2, -0.15) is 0 Å². The highest BCUT2D eigenvalue weighted by atomic mass is 15.1. The highest BCUT2D eigenvalue weighted by Gasteiger charge is 2.07. The van der Waals surface area contributed by atoms with Crippen molar-refractivity contribution >= 4 is 0 Å². The van der Waals surface area contributed by atoms with Gasteiger partial charge in [-0.25, -0.2) is 0 Å². The number of rotatable bonds is 6. The summed E-state index contributed by atoms with van der Waals surface area (Å²) in [6.45, 7) is 11.3. The van der Waals surface area contributed by atoms with Crippen molar-refractivity contribution in [1.82, 2.24) is 4.90 Å². The first-order chi connectivity index (χ1) is 8.06. The number of hydrogen-bond acceptors (Lipinski definition) is 1. The predicted octanol–water partition coefficient (Wildman–Crippen LogP) is 3.69. The molecule has 0 heterocycles. The Balaban J connectivity index is 2.62. The van der Waals surface area contributed by atoms with Crippen molar-refractivity contribution in [1.29, 1.82) is 0 Å². The molecule has 1 rings (SSSR count). The topological polar surface area (TPSA) is 3.24 Å². The molecular weight excluding hydrogens is 206 g/mol. The van der Waals surface area contributed by atoms with Gasteiger partial charge < -0.3 is 4.90 Å². The van der Waals surface area contributed by atoms with E-state index in [9.17, 15) is 0 Å². The molecule has 0 fully saturated rings. The predicted molar refractivity (Wildman–Crippen MR) is 76.6 cm³/mol. The summed E-state index contributed by atoms with van der Waals surface area (Å²) in [5, 5.41) is 0. The number of aryl methyl sites for hydroxylation is 2. The Morgan fingerprint density at radius 2 is 1.94 bits per heavy atom. The van der Waals surface area contributed by atoms with Crippen LogP contribution in [0.3, 0.4) is 0 Å². The lowest BCUT2D eigenvalue weighted by Gasteiger charge is -2.20. The lowest BCUT2D eigenvalue weighted by molar-refractivity contribution is 0.298. The van der Waals surface area contributed by atoms with Crippen molar-refractivity contribution in [2.24, 2.45) is 5.92 Å². The fourth-order valence-corrected chi connectivity index (χ4v) is 2.36. The van der Waals surface area contributed by atoms with E-state index in [-0.39, 0.29) is 0 Å². The summed E-state index contributed by atoms with van der Waals surface area (Å²) >= 11 is 0. The van der Waals surface area contributed by atoms with Crippen molar-refractivity contribution in [2.75, 3.05) is 20.1 Å². The summed E-state index contributed by atoms with van der Waals surface area (Å²) < 4.78 is 0. The Bertz CT molecular complexity index is 343. The summed E-state index contributed by atoms with van der Waals surface area (Å²) in [6, 6.07) is 6.94. The molecule has 17 heavy (non-hydrogen) atoms. The van der Waals surface area contributed by atoms with Crippen molar-refractivity contribution in [3.05, 3.63) is 34.9 Å². The van der Waals surface area contributed by atoms with Crippen LogP contribution < -0.4 is 0 Å². The van der Waals surface area contributed by atoms with Gasteiger partial charge in [0.05, 0.1) is 0 Å². The molecule has 0 N–H and O–H groups in total. The Kier molecular flexibility index (Phi) is 5.70. The molecule has 0 saturated heterocycles. The maximum Gasteiger partial charge on any atom is 0.000703 e. The molecule has 0 aliphatic carbocycles. The molecule has 0 saturated carbocycles. The second-order valence-corrected chi connectivity index (χ2v) is 5.28. The molecule has 1 nitrogen and oxygen atoms in total. The van der Waals surface area contributed by atoms with E-state index in [1.165, 1.54) is 29.7 Å². The monoisotopic (exact) mass is 233 g/mol. The maximum atomic E-state index is 2.39. The summed E-state index contributed by atoms with van der Waals surface area (Å²) in [5.74, 6) is 0.729. The average molecular weight is 233 g/mol. The molecule has 0 aromatic heterocycles.